The van der Waals surface area contributed by atoms with Gasteiger partial charge in [0.05, 0.1) is 5.69 Å². The Hall–Kier alpha value is -4.39. The molecule has 0 radical (unpaired) electrons. The van der Waals surface area contributed by atoms with Crippen LogP contribution >= 0.6 is 0 Å². The molecule has 4 rings (SSSR count). The van der Waals surface area contributed by atoms with Crippen LogP contribution in [0, 0.1) is 13.8 Å². The molecule has 1 heterocycles. The maximum absolute atomic E-state index is 12.9. The number of aliphatic carboxylic acids is 1. The van der Waals surface area contributed by atoms with Gasteiger partial charge in [-0.15, -0.1) is 0 Å². The van der Waals surface area contributed by atoms with Gasteiger partial charge in [-0.05, 0) is 67.6 Å². The van der Waals surface area contributed by atoms with E-state index in [2.05, 4.69) is 41.6 Å². The molecule has 37 heavy (non-hydrogen) atoms. The number of carbonyl (C=O) groups excluding carboxylic acids is 1. The van der Waals surface area contributed by atoms with E-state index in [4.69, 9.17) is 4.74 Å². The summed E-state index contributed by atoms with van der Waals surface area (Å²) < 4.78 is 7.22. The third-order valence-corrected chi connectivity index (χ3v) is 6.32. The van der Waals surface area contributed by atoms with Gasteiger partial charge in [0.1, 0.15) is 11.4 Å². The molecule has 7 heteroatoms. The Labute approximate surface area is 216 Å². The molecule has 1 aromatic heterocycles. The van der Waals surface area contributed by atoms with Crippen molar-refractivity contribution in [3.8, 4) is 28.1 Å². The van der Waals surface area contributed by atoms with Crippen LogP contribution in [0.1, 0.15) is 41.0 Å². The molecule has 190 valence electrons. The molecule has 0 saturated carbocycles. The van der Waals surface area contributed by atoms with Crippen molar-refractivity contribution in [1.29, 1.82) is 0 Å². The summed E-state index contributed by atoms with van der Waals surface area (Å²) in [7, 11) is 1.75. The number of rotatable bonds is 8. The first-order chi connectivity index (χ1) is 17.5. The van der Waals surface area contributed by atoms with Gasteiger partial charge in [0.25, 0.3) is 5.91 Å². The van der Waals surface area contributed by atoms with Crippen LogP contribution < -0.4 is 10.1 Å². The molecule has 2 N–H and O–H groups in total. The van der Waals surface area contributed by atoms with E-state index in [1.807, 2.05) is 43.3 Å². The van der Waals surface area contributed by atoms with Gasteiger partial charge in [0.15, 0.2) is 5.60 Å². The number of nitrogens with one attached hydrogen (secondary N) is 1. The second-order valence-corrected chi connectivity index (χ2v) is 9.63. The fourth-order valence-corrected chi connectivity index (χ4v) is 4.07. The van der Waals surface area contributed by atoms with Gasteiger partial charge in [-0.25, -0.2) is 4.79 Å². The zero-order chi connectivity index (χ0) is 26.7. The zero-order valence-corrected chi connectivity index (χ0v) is 21.7. The molecule has 0 bridgehead atoms. The fourth-order valence-electron chi connectivity index (χ4n) is 4.07. The summed E-state index contributed by atoms with van der Waals surface area (Å²) in [6.45, 7) is 7.26. The summed E-state index contributed by atoms with van der Waals surface area (Å²) in [5, 5.41) is 16.8. The number of ether oxygens (including phenoxy) is 1. The van der Waals surface area contributed by atoms with Gasteiger partial charge in [0, 0.05) is 19.2 Å². The van der Waals surface area contributed by atoms with Gasteiger partial charge in [-0.2, -0.15) is 5.10 Å². The largest absolute Gasteiger partial charge is 0.478 e. The SMILES string of the molecule is Cc1cc(CNC(=O)c2cc(-c3ccc(-c4ccccc4C)cc3)nn2C)ccc1OC(C)(C)C(=O)O. The molecule has 0 aliphatic rings. The van der Waals surface area contributed by atoms with Gasteiger partial charge in [-0.1, -0.05) is 60.7 Å². The van der Waals surface area contributed by atoms with E-state index in [-0.39, 0.29) is 5.91 Å². The Morgan fingerprint density at radius 3 is 2.27 bits per heavy atom. The van der Waals surface area contributed by atoms with Crippen LogP contribution in [0.25, 0.3) is 22.4 Å². The van der Waals surface area contributed by atoms with Crippen LogP contribution in [0.5, 0.6) is 5.75 Å². The van der Waals surface area contributed by atoms with Crippen LogP contribution in [-0.4, -0.2) is 32.4 Å². The predicted octanol–water partition coefficient (Wildman–Crippen LogP) is 5.54. The standard InChI is InChI=1S/C30H31N3O4/c1-19-8-6-7-9-24(19)22-11-13-23(14-12-22)25-17-26(33(5)32-25)28(34)31-18-21-10-15-27(20(2)16-21)37-30(3,4)29(35)36/h6-17H,18H2,1-5H3,(H,31,34)(H,35,36). The van der Waals surface area contributed by atoms with E-state index in [1.54, 1.807) is 23.9 Å². The van der Waals surface area contributed by atoms with Gasteiger partial charge in [-0.3, -0.25) is 9.48 Å². The molecule has 4 aromatic rings. The van der Waals surface area contributed by atoms with E-state index in [0.29, 0.717) is 18.0 Å². The molecule has 0 atom stereocenters. The zero-order valence-electron chi connectivity index (χ0n) is 21.7. The van der Waals surface area contributed by atoms with Gasteiger partial charge >= 0.3 is 5.97 Å². The first kappa shape index (κ1) is 25.7. The highest BCUT2D eigenvalue weighted by molar-refractivity contribution is 5.93. The van der Waals surface area contributed by atoms with Crippen LogP contribution in [-0.2, 0) is 18.4 Å². The Morgan fingerprint density at radius 2 is 1.62 bits per heavy atom. The number of hydrogen-bond acceptors (Lipinski definition) is 4. The maximum atomic E-state index is 12.9. The summed E-state index contributed by atoms with van der Waals surface area (Å²) in [5.74, 6) is -0.781. The second kappa shape index (κ2) is 10.3. The Kier molecular flexibility index (Phi) is 7.16. The number of aromatic nitrogens is 2. The minimum absolute atomic E-state index is 0.234. The lowest BCUT2D eigenvalue weighted by Crippen LogP contribution is -2.38. The third kappa shape index (κ3) is 5.72. The molecule has 0 aliphatic heterocycles. The molecule has 0 fully saturated rings. The highest BCUT2D eigenvalue weighted by atomic mass is 16.5. The molecule has 0 saturated heterocycles. The number of carboxylic acids is 1. The third-order valence-electron chi connectivity index (χ3n) is 6.32. The van der Waals surface area contributed by atoms with Gasteiger partial charge in [0.2, 0.25) is 0 Å². The number of carbonyl (C=O) groups is 2. The van der Waals surface area contributed by atoms with Crippen molar-refractivity contribution >= 4 is 11.9 Å². The lowest BCUT2D eigenvalue weighted by atomic mass is 9.99. The second-order valence-electron chi connectivity index (χ2n) is 9.63. The highest BCUT2D eigenvalue weighted by Gasteiger charge is 2.29. The van der Waals surface area contributed by atoms with Crippen LogP contribution in [0.4, 0.5) is 0 Å². The summed E-state index contributed by atoms with van der Waals surface area (Å²) in [6.07, 6.45) is 0. The topological polar surface area (TPSA) is 93.5 Å². The number of amides is 1. The monoisotopic (exact) mass is 497 g/mol. The number of benzene rings is 3. The van der Waals surface area contributed by atoms with E-state index >= 15 is 0 Å². The Morgan fingerprint density at radius 1 is 0.946 bits per heavy atom. The normalized spacial score (nSPS) is 11.3. The summed E-state index contributed by atoms with van der Waals surface area (Å²) in [5.41, 5.74) is 5.98. The Bertz CT molecular complexity index is 1450. The quantitative estimate of drug-likeness (QED) is 0.333. The number of carboxylic acid groups (broad SMARTS) is 1. The maximum Gasteiger partial charge on any atom is 0.347 e. The molecule has 0 spiro atoms. The molecule has 7 nitrogen and oxygen atoms in total. The lowest BCUT2D eigenvalue weighted by Gasteiger charge is -2.23. The van der Waals surface area contributed by atoms with Crippen molar-refractivity contribution < 1.29 is 19.4 Å². The molecule has 0 unspecified atom stereocenters. The number of hydrogen-bond donors (Lipinski definition) is 2. The Balaban J connectivity index is 1.43. The van der Waals surface area contributed by atoms with Gasteiger partial charge < -0.3 is 15.2 Å². The molecule has 0 aliphatic carbocycles. The minimum atomic E-state index is -1.33. The highest BCUT2D eigenvalue weighted by Crippen LogP contribution is 2.27. The predicted molar refractivity (Wildman–Crippen MR) is 144 cm³/mol. The van der Waals surface area contributed by atoms with Crippen LogP contribution in [0.2, 0.25) is 0 Å². The number of aryl methyl sites for hydroxylation is 3. The van der Waals surface area contributed by atoms with Crippen molar-refractivity contribution in [2.24, 2.45) is 7.05 Å². The molecule has 3 aromatic carbocycles. The van der Waals surface area contributed by atoms with Crippen molar-refractivity contribution in [1.82, 2.24) is 15.1 Å². The average Bonchev–Trinajstić information content (AvgIpc) is 3.26. The van der Waals surface area contributed by atoms with E-state index < -0.39 is 11.6 Å². The fraction of sp³-hybridized carbons (Fsp3) is 0.233. The number of nitrogens with zero attached hydrogens (tertiary/aromatic N) is 2. The lowest BCUT2D eigenvalue weighted by molar-refractivity contribution is -0.152. The van der Waals surface area contributed by atoms with Crippen LogP contribution in [0.15, 0.2) is 72.8 Å². The smallest absolute Gasteiger partial charge is 0.347 e. The summed E-state index contributed by atoms with van der Waals surface area (Å²) in [6, 6.07) is 23.6. The molecule has 1 amide bonds. The summed E-state index contributed by atoms with van der Waals surface area (Å²) in [4.78, 5) is 24.3. The van der Waals surface area contributed by atoms with Crippen molar-refractivity contribution in [3.63, 3.8) is 0 Å². The van der Waals surface area contributed by atoms with Crippen LogP contribution in [0.3, 0.4) is 0 Å². The molecular formula is C30H31N3O4. The van der Waals surface area contributed by atoms with Crippen molar-refractivity contribution in [2.75, 3.05) is 0 Å². The average molecular weight is 498 g/mol. The summed E-state index contributed by atoms with van der Waals surface area (Å²) >= 11 is 0. The first-order valence-corrected chi connectivity index (χ1v) is 12.1. The van der Waals surface area contributed by atoms with Crippen molar-refractivity contribution in [3.05, 3.63) is 95.2 Å². The van der Waals surface area contributed by atoms with Crippen molar-refractivity contribution in [2.45, 2.75) is 39.8 Å². The van der Waals surface area contributed by atoms with E-state index in [0.717, 1.165) is 27.9 Å². The van der Waals surface area contributed by atoms with E-state index in [9.17, 15) is 14.7 Å². The molecular weight excluding hydrogens is 466 g/mol. The minimum Gasteiger partial charge on any atom is -0.478 e. The first-order valence-electron chi connectivity index (χ1n) is 12.1. The van der Waals surface area contributed by atoms with E-state index in [1.165, 1.54) is 25.0 Å².